The Morgan fingerprint density at radius 2 is 1.84 bits per heavy atom. The number of amides is 1. The quantitative estimate of drug-likeness (QED) is 0.480. The third-order valence-corrected chi connectivity index (χ3v) is 8.45. The van der Waals surface area contributed by atoms with E-state index >= 15 is 0 Å². The Morgan fingerprint density at radius 1 is 1.16 bits per heavy atom. The van der Waals surface area contributed by atoms with Crippen molar-refractivity contribution in [3.63, 3.8) is 0 Å². The first-order chi connectivity index (χ1) is 14.8. The van der Waals surface area contributed by atoms with Gasteiger partial charge in [0.15, 0.2) is 4.80 Å². The summed E-state index contributed by atoms with van der Waals surface area (Å²) in [5, 5.41) is 0.961. The molecule has 1 amide bonds. The number of benzene rings is 2. The lowest BCUT2D eigenvalue weighted by molar-refractivity contribution is 0.0998. The molecule has 0 aliphatic carbocycles. The summed E-state index contributed by atoms with van der Waals surface area (Å²) in [5.41, 5.74) is 1.03. The number of carbonyl (C=O) groups excluding carboxylic acids is 1. The number of allylic oxidation sites excluding steroid dienone is 1. The highest BCUT2D eigenvalue weighted by atomic mass is 35.5. The van der Waals surface area contributed by atoms with Crippen molar-refractivity contribution < 1.29 is 13.2 Å². The van der Waals surface area contributed by atoms with E-state index in [0.29, 0.717) is 40.0 Å². The average molecular weight is 496 g/mol. The molecule has 0 bridgehead atoms. The number of sulfonamides is 1. The molecule has 1 aliphatic heterocycles. The molecule has 2 aromatic carbocycles. The molecule has 1 aromatic heterocycles. The van der Waals surface area contributed by atoms with E-state index in [1.165, 1.54) is 39.9 Å². The zero-order chi connectivity index (χ0) is 22.2. The zero-order valence-electron chi connectivity index (χ0n) is 16.4. The van der Waals surface area contributed by atoms with Crippen LogP contribution in [-0.4, -0.2) is 36.3 Å². The van der Waals surface area contributed by atoms with E-state index in [1.54, 1.807) is 22.8 Å². The molecule has 3 aromatic rings. The Labute approximate surface area is 194 Å². The number of hydrogen-bond donors (Lipinski definition) is 0. The number of carbonyl (C=O) groups is 1. The summed E-state index contributed by atoms with van der Waals surface area (Å²) in [6, 6.07) is 9.30. The molecule has 4 rings (SSSR count). The Balaban J connectivity index is 1.70. The molecule has 0 unspecified atom stereocenters. The van der Waals surface area contributed by atoms with Gasteiger partial charge in [-0.1, -0.05) is 40.6 Å². The van der Waals surface area contributed by atoms with Gasteiger partial charge in [0.05, 0.1) is 20.1 Å². The molecule has 6 nitrogen and oxygen atoms in total. The molecule has 10 heteroatoms. The third-order valence-electron chi connectivity index (χ3n) is 5.01. The summed E-state index contributed by atoms with van der Waals surface area (Å²) in [7, 11) is -3.53. The standard InChI is InChI=1S/C21H19Cl2N3O3S2/c1-2-9-26-19-17(23)12-15(22)13-18(19)30-21(26)24-20(27)14-5-7-16(8-6-14)31(28,29)25-10-3-4-11-25/h2,5-8,12-13H,1,3-4,9-11H2. The number of thiazole rings is 1. The van der Waals surface area contributed by atoms with Gasteiger partial charge in [-0.3, -0.25) is 4.79 Å². The van der Waals surface area contributed by atoms with Crippen LogP contribution in [0.15, 0.2) is 58.9 Å². The van der Waals surface area contributed by atoms with Crippen LogP contribution in [0.3, 0.4) is 0 Å². The molecular weight excluding hydrogens is 477 g/mol. The predicted octanol–water partition coefficient (Wildman–Crippen LogP) is 4.72. The van der Waals surface area contributed by atoms with E-state index in [-0.39, 0.29) is 4.90 Å². The van der Waals surface area contributed by atoms with Gasteiger partial charge in [-0.2, -0.15) is 9.30 Å². The van der Waals surface area contributed by atoms with Crippen molar-refractivity contribution in [3.05, 3.63) is 69.5 Å². The highest BCUT2D eigenvalue weighted by Gasteiger charge is 2.27. The fraction of sp³-hybridized carbons (Fsp3) is 0.238. The molecule has 0 atom stereocenters. The van der Waals surface area contributed by atoms with Crippen molar-refractivity contribution in [2.75, 3.05) is 13.1 Å². The van der Waals surface area contributed by atoms with Gasteiger partial charge in [0.1, 0.15) is 0 Å². The lowest BCUT2D eigenvalue weighted by Crippen LogP contribution is -2.27. The number of rotatable bonds is 5. The summed E-state index contributed by atoms with van der Waals surface area (Å²) < 4.78 is 29.4. The van der Waals surface area contributed by atoms with Crippen LogP contribution in [0, 0.1) is 0 Å². The highest BCUT2D eigenvalue weighted by molar-refractivity contribution is 7.89. The number of aromatic nitrogens is 1. The van der Waals surface area contributed by atoms with Crippen LogP contribution >= 0.6 is 34.5 Å². The first-order valence-electron chi connectivity index (χ1n) is 9.60. The molecular formula is C21H19Cl2N3O3S2. The van der Waals surface area contributed by atoms with Gasteiger partial charge in [-0.05, 0) is 49.2 Å². The van der Waals surface area contributed by atoms with Crippen LogP contribution in [0.2, 0.25) is 10.0 Å². The number of nitrogens with zero attached hydrogens (tertiary/aromatic N) is 3. The maximum atomic E-state index is 12.8. The Bertz CT molecular complexity index is 1340. The van der Waals surface area contributed by atoms with E-state index in [1.807, 2.05) is 0 Å². The van der Waals surface area contributed by atoms with Crippen LogP contribution in [0.25, 0.3) is 10.2 Å². The van der Waals surface area contributed by atoms with E-state index in [2.05, 4.69) is 11.6 Å². The number of hydrogen-bond acceptors (Lipinski definition) is 4. The van der Waals surface area contributed by atoms with Crippen molar-refractivity contribution >= 4 is 60.7 Å². The molecule has 0 N–H and O–H groups in total. The van der Waals surface area contributed by atoms with Crippen LogP contribution in [0.5, 0.6) is 0 Å². The van der Waals surface area contributed by atoms with Crippen molar-refractivity contribution in [2.24, 2.45) is 4.99 Å². The minimum absolute atomic E-state index is 0.177. The predicted molar refractivity (Wildman–Crippen MR) is 124 cm³/mol. The Kier molecular flexibility index (Phi) is 6.37. The number of halogens is 2. The molecule has 162 valence electrons. The SMILES string of the molecule is C=CCn1c(=NC(=O)c2ccc(S(=O)(=O)N3CCCC3)cc2)sc2cc(Cl)cc(Cl)c21. The fourth-order valence-electron chi connectivity index (χ4n) is 3.51. The summed E-state index contributed by atoms with van der Waals surface area (Å²) in [5.74, 6) is -0.475. The van der Waals surface area contributed by atoms with E-state index < -0.39 is 15.9 Å². The summed E-state index contributed by atoms with van der Waals surface area (Å²) in [4.78, 5) is 17.7. The lowest BCUT2D eigenvalue weighted by Gasteiger charge is -2.15. The van der Waals surface area contributed by atoms with Crippen LogP contribution in [0.1, 0.15) is 23.2 Å². The first kappa shape index (κ1) is 22.2. The van der Waals surface area contributed by atoms with Crippen molar-refractivity contribution in [3.8, 4) is 0 Å². The third kappa shape index (κ3) is 4.36. The molecule has 0 spiro atoms. The van der Waals surface area contributed by atoms with Gasteiger partial charge in [0, 0.05) is 30.2 Å². The van der Waals surface area contributed by atoms with Gasteiger partial charge in [0.25, 0.3) is 5.91 Å². The maximum absolute atomic E-state index is 12.8. The second-order valence-electron chi connectivity index (χ2n) is 7.07. The molecule has 1 aliphatic rings. The Hall–Kier alpha value is -1.97. The van der Waals surface area contributed by atoms with Crippen LogP contribution < -0.4 is 4.80 Å². The maximum Gasteiger partial charge on any atom is 0.279 e. The highest BCUT2D eigenvalue weighted by Crippen LogP contribution is 2.30. The largest absolute Gasteiger partial charge is 0.311 e. The van der Waals surface area contributed by atoms with Gasteiger partial charge in [-0.15, -0.1) is 6.58 Å². The van der Waals surface area contributed by atoms with E-state index in [0.717, 1.165) is 23.1 Å². The second kappa shape index (κ2) is 8.88. The molecule has 1 fully saturated rings. The lowest BCUT2D eigenvalue weighted by atomic mass is 10.2. The Morgan fingerprint density at radius 3 is 2.48 bits per heavy atom. The van der Waals surface area contributed by atoms with E-state index in [9.17, 15) is 13.2 Å². The molecule has 31 heavy (non-hydrogen) atoms. The van der Waals surface area contributed by atoms with Crippen LogP contribution in [-0.2, 0) is 16.6 Å². The fourth-order valence-corrected chi connectivity index (χ4v) is 6.85. The summed E-state index contributed by atoms with van der Waals surface area (Å²) in [6.07, 6.45) is 3.42. The topological polar surface area (TPSA) is 71.7 Å². The van der Waals surface area contributed by atoms with Crippen molar-refractivity contribution in [1.29, 1.82) is 0 Å². The van der Waals surface area contributed by atoms with Crippen LogP contribution in [0.4, 0.5) is 0 Å². The monoisotopic (exact) mass is 495 g/mol. The minimum Gasteiger partial charge on any atom is -0.311 e. The molecule has 0 saturated carbocycles. The second-order valence-corrected chi connectivity index (χ2v) is 10.9. The number of fused-ring (bicyclic) bond motifs is 1. The average Bonchev–Trinajstić information content (AvgIpc) is 3.38. The summed E-state index contributed by atoms with van der Waals surface area (Å²) in [6.45, 7) is 5.23. The minimum atomic E-state index is -3.53. The molecule has 2 heterocycles. The zero-order valence-corrected chi connectivity index (χ0v) is 19.6. The smallest absolute Gasteiger partial charge is 0.279 e. The van der Waals surface area contributed by atoms with Crippen molar-refractivity contribution in [2.45, 2.75) is 24.3 Å². The molecule has 1 saturated heterocycles. The molecule has 0 radical (unpaired) electrons. The van der Waals surface area contributed by atoms with Gasteiger partial charge < -0.3 is 4.57 Å². The first-order valence-corrected chi connectivity index (χ1v) is 12.6. The normalized spacial score (nSPS) is 15.6. The van der Waals surface area contributed by atoms with E-state index in [4.69, 9.17) is 23.2 Å². The van der Waals surface area contributed by atoms with Gasteiger partial charge in [-0.25, -0.2) is 8.42 Å². The van der Waals surface area contributed by atoms with Gasteiger partial charge in [0.2, 0.25) is 10.0 Å². The van der Waals surface area contributed by atoms with Crippen molar-refractivity contribution in [1.82, 2.24) is 8.87 Å². The van der Waals surface area contributed by atoms with Gasteiger partial charge >= 0.3 is 0 Å². The summed E-state index contributed by atoms with van der Waals surface area (Å²) >= 11 is 13.8.